The molecule has 3 N–H and O–H groups in total. The van der Waals surface area contributed by atoms with Gasteiger partial charge in [0.1, 0.15) is 5.75 Å². The van der Waals surface area contributed by atoms with Gasteiger partial charge >= 0.3 is 0 Å². The van der Waals surface area contributed by atoms with Crippen molar-refractivity contribution in [3.05, 3.63) is 60.2 Å². The number of para-hydroxylation sites is 1. The van der Waals surface area contributed by atoms with Gasteiger partial charge in [-0.05, 0) is 42.7 Å². The first-order valence-electron chi connectivity index (χ1n) is 9.97. The van der Waals surface area contributed by atoms with Gasteiger partial charge in [0, 0.05) is 31.4 Å². The second kappa shape index (κ2) is 8.63. The van der Waals surface area contributed by atoms with E-state index >= 15 is 0 Å². The minimum Gasteiger partial charge on any atom is -0.497 e. The van der Waals surface area contributed by atoms with E-state index in [0.29, 0.717) is 6.54 Å². The molecule has 0 aromatic heterocycles. The molecule has 0 spiro atoms. The number of hydrazine groups is 1. The minimum atomic E-state index is -0.140. The minimum absolute atomic E-state index is 0.0560. The molecule has 2 aromatic rings. The van der Waals surface area contributed by atoms with Crippen molar-refractivity contribution in [1.29, 1.82) is 0 Å². The van der Waals surface area contributed by atoms with E-state index in [4.69, 9.17) is 4.74 Å². The maximum atomic E-state index is 13.0. The standard InChI is InChI=1S/C22H28N4O2/c1-28-19-9-5-6-16(14-19)21-20(15-23-25-21)22(27)24-17-10-12-26(13-11-17)18-7-3-2-4-8-18/h2-9,14,17,20-21,23,25H,10-13,15H2,1H3,(H,24,27). The first-order valence-corrected chi connectivity index (χ1v) is 9.97. The van der Waals surface area contributed by atoms with Crippen molar-refractivity contribution in [2.45, 2.75) is 24.9 Å². The molecule has 6 nitrogen and oxygen atoms in total. The predicted octanol–water partition coefficient (Wildman–Crippen LogP) is 2.25. The zero-order valence-electron chi connectivity index (χ0n) is 16.2. The fourth-order valence-corrected chi connectivity index (χ4v) is 4.12. The molecule has 2 aliphatic rings. The normalized spacial score (nSPS) is 22.8. The summed E-state index contributed by atoms with van der Waals surface area (Å²) in [4.78, 5) is 15.4. The lowest BCUT2D eigenvalue weighted by molar-refractivity contribution is -0.125. The molecule has 1 amide bonds. The smallest absolute Gasteiger partial charge is 0.226 e. The highest BCUT2D eigenvalue weighted by atomic mass is 16.5. The zero-order chi connectivity index (χ0) is 19.3. The first-order chi connectivity index (χ1) is 13.7. The number of ether oxygens (including phenoxy) is 1. The highest BCUT2D eigenvalue weighted by Gasteiger charge is 2.35. The largest absolute Gasteiger partial charge is 0.497 e. The van der Waals surface area contributed by atoms with E-state index in [1.807, 2.05) is 30.3 Å². The number of amides is 1. The molecule has 2 aromatic carbocycles. The van der Waals surface area contributed by atoms with Gasteiger partial charge in [0.15, 0.2) is 0 Å². The van der Waals surface area contributed by atoms with E-state index in [-0.39, 0.29) is 23.9 Å². The van der Waals surface area contributed by atoms with Gasteiger partial charge in [-0.1, -0.05) is 30.3 Å². The summed E-state index contributed by atoms with van der Waals surface area (Å²) >= 11 is 0. The summed E-state index contributed by atoms with van der Waals surface area (Å²) < 4.78 is 5.32. The maximum Gasteiger partial charge on any atom is 0.226 e. The van der Waals surface area contributed by atoms with Gasteiger partial charge in [0.2, 0.25) is 5.91 Å². The number of anilines is 1. The van der Waals surface area contributed by atoms with Crippen LogP contribution in [0.25, 0.3) is 0 Å². The molecule has 0 saturated carbocycles. The van der Waals surface area contributed by atoms with Crippen LogP contribution >= 0.6 is 0 Å². The average Bonchev–Trinajstić information content (AvgIpc) is 3.25. The van der Waals surface area contributed by atoms with E-state index in [1.54, 1.807) is 7.11 Å². The summed E-state index contributed by atoms with van der Waals surface area (Å²) in [5.74, 6) is 0.779. The lowest BCUT2D eigenvalue weighted by Crippen LogP contribution is -2.47. The SMILES string of the molecule is COc1cccc(C2NNCC2C(=O)NC2CCN(c3ccccc3)CC2)c1. The third-order valence-electron chi connectivity index (χ3n) is 5.73. The second-order valence-corrected chi connectivity index (χ2v) is 7.49. The molecule has 0 aliphatic carbocycles. The molecule has 2 heterocycles. The van der Waals surface area contributed by atoms with Crippen molar-refractivity contribution in [2.75, 3.05) is 31.6 Å². The van der Waals surface area contributed by atoms with Gasteiger partial charge in [-0.3, -0.25) is 10.2 Å². The average molecular weight is 380 g/mol. The number of hydrogen-bond acceptors (Lipinski definition) is 5. The van der Waals surface area contributed by atoms with Crippen LogP contribution < -0.4 is 25.8 Å². The summed E-state index contributed by atoms with van der Waals surface area (Å²) in [6.45, 7) is 2.56. The van der Waals surface area contributed by atoms with Crippen LogP contribution in [0.2, 0.25) is 0 Å². The van der Waals surface area contributed by atoms with Crippen molar-refractivity contribution in [1.82, 2.24) is 16.2 Å². The lowest BCUT2D eigenvalue weighted by atomic mass is 9.93. The lowest BCUT2D eigenvalue weighted by Gasteiger charge is -2.34. The second-order valence-electron chi connectivity index (χ2n) is 7.49. The van der Waals surface area contributed by atoms with Gasteiger partial charge in [0.05, 0.1) is 19.1 Å². The van der Waals surface area contributed by atoms with E-state index < -0.39 is 0 Å². The third-order valence-corrected chi connectivity index (χ3v) is 5.73. The zero-order valence-corrected chi connectivity index (χ0v) is 16.2. The fraction of sp³-hybridized carbons (Fsp3) is 0.409. The Morgan fingerprint density at radius 1 is 1.11 bits per heavy atom. The van der Waals surface area contributed by atoms with E-state index in [0.717, 1.165) is 37.2 Å². The van der Waals surface area contributed by atoms with Crippen LogP contribution in [-0.2, 0) is 4.79 Å². The number of benzene rings is 2. The Kier molecular flexibility index (Phi) is 5.78. The Morgan fingerprint density at radius 3 is 2.64 bits per heavy atom. The van der Waals surface area contributed by atoms with E-state index in [9.17, 15) is 4.79 Å². The Hall–Kier alpha value is -2.57. The van der Waals surface area contributed by atoms with Crippen molar-refractivity contribution in [2.24, 2.45) is 5.92 Å². The Morgan fingerprint density at radius 2 is 1.89 bits per heavy atom. The molecule has 2 atom stereocenters. The van der Waals surface area contributed by atoms with E-state index in [2.05, 4.69) is 45.3 Å². The Balaban J connectivity index is 1.34. The third kappa shape index (κ3) is 4.13. The van der Waals surface area contributed by atoms with E-state index in [1.165, 1.54) is 5.69 Å². The molecule has 0 radical (unpaired) electrons. The van der Waals surface area contributed by atoms with Gasteiger partial charge in [0.25, 0.3) is 0 Å². The molecular formula is C22H28N4O2. The highest BCUT2D eigenvalue weighted by molar-refractivity contribution is 5.80. The molecule has 6 heteroatoms. The molecule has 28 heavy (non-hydrogen) atoms. The van der Waals surface area contributed by atoms with Gasteiger partial charge < -0.3 is 15.0 Å². The van der Waals surface area contributed by atoms with Crippen LogP contribution in [0.5, 0.6) is 5.75 Å². The van der Waals surface area contributed by atoms with Crippen molar-refractivity contribution in [3.8, 4) is 5.75 Å². The number of carbonyl (C=O) groups is 1. The van der Waals surface area contributed by atoms with Crippen molar-refractivity contribution < 1.29 is 9.53 Å². The molecule has 2 aliphatic heterocycles. The van der Waals surface area contributed by atoms with Gasteiger partial charge in [-0.15, -0.1) is 0 Å². The quantitative estimate of drug-likeness (QED) is 0.743. The van der Waals surface area contributed by atoms with Gasteiger partial charge in [-0.25, -0.2) is 5.43 Å². The summed E-state index contributed by atoms with van der Waals surface area (Å²) in [7, 11) is 1.66. The van der Waals surface area contributed by atoms with Crippen LogP contribution in [0.3, 0.4) is 0 Å². The number of rotatable bonds is 5. The number of nitrogens with one attached hydrogen (secondary N) is 3. The molecule has 4 rings (SSSR count). The Bertz CT molecular complexity index is 790. The van der Waals surface area contributed by atoms with Crippen LogP contribution in [0.1, 0.15) is 24.4 Å². The highest BCUT2D eigenvalue weighted by Crippen LogP contribution is 2.28. The number of piperidine rings is 1. The summed E-state index contributed by atoms with van der Waals surface area (Å²) in [5, 5.41) is 3.28. The predicted molar refractivity (Wildman–Crippen MR) is 110 cm³/mol. The molecule has 2 unspecified atom stereocenters. The molecule has 2 fully saturated rings. The number of carbonyl (C=O) groups excluding carboxylic acids is 1. The first kappa shape index (κ1) is 18.8. The summed E-state index contributed by atoms with van der Waals surface area (Å²) in [6, 6.07) is 18.6. The van der Waals surface area contributed by atoms with Gasteiger partial charge in [-0.2, -0.15) is 0 Å². The van der Waals surface area contributed by atoms with Crippen molar-refractivity contribution >= 4 is 11.6 Å². The summed E-state index contributed by atoms with van der Waals surface area (Å²) in [6.07, 6.45) is 1.94. The number of nitrogens with zero attached hydrogens (tertiary/aromatic N) is 1. The fourth-order valence-electron chi connectivity index (χ4n) is 4.12. The summed E-state index contributed by atoms with van der Waals surface area (Å²) in [5.41, 5.74) is 8.71. The molecule has 2 saturated heterocycles. The molecule has 0 bridgehead atoms. The molecule has 148 valence electrons. The van der Waals surface area contributed by atoms with Crippen LogP contribution in [-0.4, -0.2) is 38.7 Å². The molecular weight excluding hydrogens is 352 g/mol. The monoisotopic (exact) mass is 380 g/mol. The topological polar surface area (TPSA) is 65.6 Å². The number of methoxy groups -OCH3 is 1. The van der Waals surface area contributed by atoms with Crippen LogP contribution in [0.4, 0.5) is 5.69 Å². The van der Waals surface area contributed by atoms with Crippen LogP contribution in [0.15, 0.2) is 54.6 Å². The maximum absolute atomic E-state index is 13.0. The van der Waals surface area contributed by atoms with Crippen molar-refractivity contribution in [3.63, 3.8) is 0 Å². The number of hydrogen-bond donors (Lipinski definition) is 3. The van der Waals surface area contributed by atoms with Crippen LogP contribution in [0, 0.1) is 5.92 Å². The Labute approximate surface area is 166 Å².